The van der Waals surface area contributed by atoms with Crippen molar-refractivity contribution < 1.29 is 23.8 Å². The number of carbonyl (C=O) groups is 1. The SMILES string of the molecule is CCc1nnc(S/C(=C\c2ccc3c(c2)OCCO3)C(=O)[O-])o1. The molecule has 3 rings (SSSR count). The molecule has 0 amide bonds. The average Bonchev–Trinajstić information content (AvgIpc) is 3.02. The van der Waals surface area contributed by atoms with Gasteiger partial charge in [-0.25, -0.2) is 0 Å². The molecule has 0 fully saturated rings. The highest BCUT2D eigenvalue weighted by molar-refractivity contribution is 8.03. The lowest BCUT2D eigenvalue weighted by Crippen LogP contribution is -2.23. The van der Waals surface area contributed by atoms with Crippen LogP contribution < -0.4 is 14.6 Å². The summed E-state index contributed by atoms with van der Waals surface area (Å²) in [6, 6.07) is 5.19. The van der Waals surface area contributed by atoms with Crippen molar-refractivity contribution >= 4 is 23.8 Å². The minimum absolute atomic E-state index is 0.0343. The third kappa shape index (κ3) is 3.65. The lowest BCUT2D eigenvalue weighted by atomic mass is 10.2. The molecule has 1 aliphatic rings. The van der Waals surface area contributed by atoms with Crippen molar-refractivity contribution in [3.8, 4) is 11.5 Å². The quantitative estimate of drug-likeness (QED) is 0.596. The number of aryl methyl sites for hydroxylation is 1. The first-order valence-corrected chi connectivity index (χ1v) is 7.80. The van der Waals surface area contributed by atoms with E-state index in [1.165, 1.54) is 6.08 Å². The molecule has 0 spiro atoms. The van der Waals surface area contributed by atoms with Gasteiger partial charge in [0.25, 0.3) is 5.22 Å². The van der Waals surface area contributed by atoms with Crippen molar-refractivity contribution in [1.29, 1.82) is 0 Å². The van der Waals surface area contributed by atoms with E-state index in [0.29, 0.717) is 42.6 Å². The van der Waals surface area contributed by atoms with Gasteiger partial charge in [0.1, 0.15) is 13.2 Å². The van der Waals surface area contributed by atoms with Crippen LogP contribution in [-0.2, 0) is 11.2 Å². The van der Waals surface area contributed by atoms with Gasteiger partial charge in [-0.3, -0.25) is 0 Å². The number of hydrogen-bond donors (Lipinski definition) is 0. The van der Waals surface area contributed by atoms with Crippen LogP contribution in [0.3, 0.4) is 0 Å². The van der Waals surface area contributed by atoms with Crippen LogP contribution in [-0.4, -0.2) is 29.4 Å². The standard InChI is InChI=1S/C15H14N2O5S/c1-2-13-16-17-15(22-13)23-12(14(18)19)8-9-3-4-10-11(7-9)21-6-5-20-10/h3-4,7-8H,2,5-6H2,1H3,(H,18,19)/p-1/b12-8-. The number of thioether (sulfide) groups is 1. The Morgan fingerprint density at radius 3 is 2.78 bits per heavy atom. The van der Waals surface area contributed by atoms with Gasteiger partial charge in [-0.2, -0.15) is 0 Å². The number of aliphatic carboxylic acids is 1. The number of rotatable bonds is 5. The van der Waals surface area contributed by atoms with Crippen LogP contribution in [0.25, 0.3) is 6.08 Å². The molecule has 0 saturated carbocycles. The first kappa shape index (κ1) is 15.4. The van der Waals surface area contributed by atoms with Crippen LogP contribution in [0.15, 0.2) is 32.7 Å². The maximum atomic E-state index is 11.3. The van der Waals surface area contributed by atoms with Gasteiger partial charge in [0.05, 0.1) is 5.97 Å². The van der Waals surface area contributed by atoms with E-state index >= 15 is 0 Å². The van der Waals surface area contributed by atoms with Crippen LogP contribution in [0.5, 0.6) is 11.5 Å². The predicted octanol–water partition coefficient (Wildman–Crippen LogP) is 1.29. The molecule has 2 aromatic rings. The maximum Gasteiger partial charge on any atom is 0.281 e. The van der Waals surface area contributed by atoms with E-state index in [2.05, 4.69) is 10.2 Å². The fourth-order valence-corrected chi connectivity index (χ4v) is 2.63. The van der Waals surface area contributed by atoms with Crippen LogP contribution in [0.2, 0.25) is 0 Å². The number of fused-ring (bicyclic) bond motifs is 1. The lowest BCUT2D eigenvalue weighted by Gasteiger charge is -2.18. The molecule has 0 radical (unpaired) electrons. The van der Waals surface area contributed by atoms with Gasteiger partial charge in [-0.05, 0) is 35.5 Å². The van der Waals surface area contributed by atoms with Gasteiger partial charge >= 0.3 is 0 Å². The second-order valence-electron chi connectivity index (χ2n) is 4.62. The van der Waals surface area contributed by atoms with E-state index in [9.17, 15) is 9.90 Å². The van der Waals surface area contributed by atoms with Crippen molar-refractivity contribution in [1.82, 2.24) is 10.2 Å². The Morgan fingerprint density at radius 1 is 1.30 bits per heavy atom. The second kappa shape index (κ2) is 6.74. The minimum atomic E-state index is -1.32. The molecule has 0 saturated heterocycles. The number of hydrogen-bond acceptors (Lipinski definition) is 8. The zero-order valence-corrected chi connectivity index (χ0v) is 13.1. The first-order chi connectivity index (χ1) is 11.2. The molecule has 0 N–H and O–H groups in total. The molecule has 23 heavy (non-hydrogen) atoms. The Labute approximate surface area is 136 Å². The van der Waals surface area contributed by atoms with Crippen molar-refractivity contribution in [2.24, 2.45) is 0 Å². The Hall–Kier alpha value is -2.48. The van der Waals surface area contributed by atoms with Gasteiger partial charge in [-0.15, -0.1) is 10.2 Å². The third-order valence-corrected chi connectivity index (χ3v) is 3.86. The van der Waals surface area contributed by atoms with Gasteiger partial charge in [0.15, 0.2) is 11.5 Å². The van der Waals surface area contributed by atoms with E-state index in [0.717, 1.165) is 11.8 Å². The molecule has 7 nitrogen and oxygen atoms in total. The zero-order valence-electron chi connectivity index (χ0n) is 12.3. The normalized spacial score (nSPS) is 13.9. The second-order valence-corrected chi connectivity index (χ2v) is 5.61. The number of carboxylic acid groups (broad SMARTS) is 1. The topological polar surface area (TPSA) is 97.5 Å². The van der Waals surface area contributed by atoms with Crippen LogP contribution in [0.4, 0.5) is 0 Å². The third-order valence-electron chi connectivity index (χ3n) is 3.01. The Balaban J connectivity index is 1.85. The summed E-state index contributed by atoms with van der Waals surface area (Å²) in [6.07, 6.45) is 2.05. The monoisotopic (exact) mass is 333 g/mol. The fourth-order valence-electron chi connectivity index (χ4n) is 1.95. The summed E-state index contributed by atoms with van der Waals surface area (Å²) >= 11 is 0.852. The molecule has 1 aliphatic heterocycles. The summed E-state index contributed by atoms with van der Waals surface area (Å²) in [4.78, 5) is 11.3. The Kier molecular flexibility index (Phi) is 4.52. The molecule has 1 aromatic carbocycles. The number of aromatic nitrogens is 2. The zero-order chi connectivity index (χ0) is 16.2. The van der Waals surface area contributed by atoms with Gasteiger partial charge in [-0.1, -0.05) is 13.0 Å². The first-order valence-electron chi connectivity index (χ1n) is 6.98. The highest BCUT2D eigenvalue weighted by Gasteiger charge is 2.13. The molecule has 0 unspecified atom stereocenters. The van der Waals surface area contributed by atoms with E-state index in [4.69, 9.17) is 13.9 Å². The molecule has 0 bridgehead atoms. The summed E-state index contributed by atoms with van der Waals surface area (Å²) < 4.78 is 16.2. The number of nitrogens with zero attached hydrogens (tertiary/aromatic N) is 2. The fraction of sp³-hybridized carbons (Fsp3) is 0.267. The molecule has 120 valence electrons. The molecule has 2 heterocycles. The molecular weight excluding hydrogens is 320 g/mol. The van der Waals surface area contributed by atoms with E-state index in [1.807, 2.05) is 6.92 Å². The number of carbonyl (C=O) groups excluding carboxylic acids is 1. The molecule has 0 aliphatic carbocycles. The van der Waals surface area contributed by atoms with Crippen molar-refractivity contribution in [2.75, 3.05) is 13.2 Å². The Bertz CT molecular complexity index is 756. The van der Waals surface area contributed by atoms with Crippen LogP contribution in [0.1, 0.15) is 18.4 Å². The van der Waals surface area contributed by atoms with Gasteiger partial charge < -0.3 is 23.8 Å². The molecule has 8 heteroatoms. The van der Waals surface area contributed by atoms with E-state index < -0.39 is 5.97 Å². The predicted molar refractivity (Wildman–Crippen MR) is 79.9 cm³/mol. The molecule has 0 atom stereocenters. The largest absolute Gasteiger partial charge is 0.544 e. The highest BCUT2D eigenvalue weighted by Crippen LogP contribution is 2.33. The summed E-state index contributed by atoms with van der Waals surface area (Å²) in [5, 5.41) is 19.1. The van der Waals surface area contributed by atoms with Crippen LogP contribution in [0, 0.1) is 0 Å². The molecule has 1 aromatic heterocycles. The summed E-state index contributed by atoms with van der Waals surface area (Å²) in [6.45, 7) is 2.83. The number of carboxylic acids is 1. The maximum absolute atomic E-state index is 11.3. The highest BCUT2D eigenvalue weighted by atomic mass is 32.2. The van der Waals surface area contributed by atoms with E-state index in [1.54, 1.807) is 18.2 Å². The smallest absolute Gasteiger partial charge is 0.281 e. The van der Waals surface area contributed by atoms with Crippen LogP contribution >= 0.6 is 11.8 Å². The Morgan fingerprint density at radius 2 is 2.09 bits per heavy atom. The van der Waals surface area contributed by atoms with E-state index in [-0.39, 0.29) is 10.1 Å². The number of benzene rings is 1. The average molecular weight is 333 g/mol. The minimum Gasteiger partial charge on any atom is -0.544 e. The summed E-state index contributed by atoms with van der Waals surface area (Å²) in [7, 11) is 0. The molecular formula is C15H13N2O5S-. The van der Waals surface area contributed by atoms with Crippen molar-refractivity contribution in [3.05, 3.63) is 34.6 Å². The van der Waals surface area contributed by atoms with Gasteiger partial charge in [0, 0.05) is 11.3 Å². The van der Waals surface area contributed by atoms with Crippen molar-refractivity contribution in [3.63, 3.8) is 0 Å². The lowest BCUT2D eigenvalue weighted by molar-refractivity contribution is -0.298. The van der Waals surface area contributed by atoms with Gasteiger partial charge in [0.2, 0.25) is 5.89 Å². The number of ether oxygens (including phenoxy) is 2. The van der Waals surface area contributed by atoms with Crippen molar-refractivity contribution in [2.45, 2.75) is 18.6 Å². The summed E-state index contributed by atoms with van der Waals surface area (Å²) in [5.74, 6) is 0.352. The summed E-state index contributed by atoms with van der Waals surface area (Å²) in [5.41, 5.74) is 0.649.